The molecule has 0 radical (unpaired) electrons. The van der Waals surface area contributed by atoms with Crippen LogP contribution in [0.5, 0.6) is 0 Å². The first-order chi connectivity index (χ1) is 12.8. The highest BCUT2D eigenvalue weighted by Crippen LogP contribution is 2.39. The molecule has 4 nitrogen and oxygen atoms in total. The maximum Gasteiger partial charge on any atom is 0.141 e. The van der Waals surface area contributed by atoms with Crippen LogP contribution in [0, 0.1) is 6.92 Å². The molecular weight excluding hydrogens is 340 g/mol. The summed E-state index contributed by atoms with van der Waals surface area (Å²) in [6.07, 6.45) is 3.87. The minimum Gasteiger partial charge on any atom is -0.354 e. The molecule has 0 saturated carbocycles. The van der Waals surface area contributed by atoms with E-state index in [2.05, 4.69) is 45.5 Å². The topological polar surface area (TPSA) is 32.3 Å². The number of hydrogen-bond acceptors (Lipinski definition) is 5. The fourth-order valence-electron chi connectivity index (χ4n) is 4.49. The summed E-state index contributed by atoms with van der Waals surface area (Å²) in [5.41, 5.74) is 2.53. The van der Waals surface area contributed by atoms with E-state index in [0.717, 1.165) is 29.6 Å². The number of benzene rings is 1. The molecule has 5 rings (SSSR count). The van der Waals surface area contributed by atoms with Gasteiger partial charge in [-0.25, -0.2) is 9.97 Å². The lowest BCUT2D eigenvalue weighted by Gasteiger charge is -2.27. The van der Waals surface area contributed by atoms with E-state index in [-0.39, 0.29) is 0 Å². The maximum absolute atomic E-state index is 4.94. The largest absolute Gasteiger partial charge is 0.354 e. The predicted molar refractivity (Wildman–Crippen MR) is 109 cm³/mol. The average Bonchev–Trinajstić information content (AvgIpc) is 3.23. The highest BCUT2D eigenvalue weighted by Gasteiger charge is 2.30. The molecule has 134 valence electrons. The van der Waals surface area contributed by atoms with Crippen LogP contribution >= 0.6 is 11.3 Å². The summed E-state index contributed by atoms with van der Waals surface area (Å²) < 4.78 is 0. The van der Waals surface area contributed by atoms with Crippen molar-refractivity contribution in [1.82, 2.24) is 14.9 Å². The molecule has 2 fully saturated rings. The van der Waals surface area contributed by atoms with Gasteiger partial charge in [-0.3, -0.25) is 4.90 Å². The lowest BCUT2D eigenvalue weighted by molar-refractivity contribution is 0.273. The van der Waals surface area contributed by atoms with Gasteiger partial charge in [0, 0.05) is 36.6 Å². The number of nitrogens with zero attached hydrogens (tertiary/aromatic N) is 4. The highest BCUT2D eigenvalue weighted by molar-refractivity contribution is 7.17. The summed E-state index contributed by atoms with van der Waals surface area (Å²) in [6.45, 7) is 6.69. The zero-order valence-corrected chi connectivity index (χ0v) is 16.0. The van der Waals surface area contributed by atoms with Crippen LogP contribution in [0.25, 0.3) is 21.3 Å². The number of anilines is 1. The summed E-state index contributed by atoms with van der Waals surface area (Å²) in [5, 5.41) is 3.48. The van der Waals surface area contributed by atoms with Crippen molar-refractivity contribution in [2.45, 2.75) is 32.2 Å². The Morgan fingerprint density at radius 2 is 1.88 bits per heavy atom. The molecule has 0 N–H and O–H groups in total. The van der Waals surface area contributed by atoms with Crippen LogP contribution in [0.1, 0.15) is 25.1 Å². The quantitative estimate of drug-likeness (QED) is 0.677. The van der Waals surface area contributed by atoms with Crippen molar-refractivity contribution in [1.29, 1.82) is 0 Å². The second-order valence-electron chi connectivity index (χ2n) is 7.42. The second-order valence-corrected chi connectivity index (χ2v) is 8.28. The molecule has 2 aliphatic heterocycles. The van der Waals surface area contributed by atoms with Crippen molar-refractivity contribution in [2.24, 2.45) is 0 Å². The Labute approximate surface area is 158 Å². The van der Waals surface area contributed by atoms with Crippen LogP contribution in [0.3, 0.4) is 0 Å². The lowest BCUT2D eigenvalue weighted by atomic mass is 10.1. The monoisotopic (exact) mass is 364 g/mol. The van der Waals surface area contributed by atoms with Gasteiger partial charge in [-0.05, 0) is 38.3 Å². The van der Waals surface area contributed by atoms with Gasteiger partial charge in [0.1, 0.15) is 16.5 Å². The van der Waals surface area contributed by atoms with E-state index >= 15 is 0 Å². The highest BCUT2D eigenvalue weighted by atomic mass is 32.1. The Bertz CT molecular complexity index is 920. The van der Waals surface area contributed by atoms with Crippen molar-refractivity contribution in [2.75, 3.05) is 31.1 Å². The Balaban J connectivity index is 1.63. The van der Waals surface area contributed by atoms with Gasteiger partial charge in [0.2, 0.25) is 0 Å². The number of thiophene rings is 1. The minimum absolute atomic E-state index is 0.682. The number of aryl methyl sites for hydroxylation is 1. The summed E-state index contributed by atoms with van der Waals surface area (Å²) in [6, 6.07) is 11.3. The molecule has 26 heavy (non-hydrogen) atoms. The molecule has 1 atom stereocenters. The molecule has 3 aromatic rings. The molecule has 5 heteroatoms. The SMILES string of the molecule is Cc1nc(N2CCCN3CCCC3C2)c2c(-c3ccccc3)csc2n1. The van der Waals surface area contributed by atoms with Crippen molar-refractivity contribution in [3.63, 3.8) is 0 Å². The number of hydrogen-bond donors (Lipinski definition) is 0. The fraction of sp³-hybridized carbons (Fsp3) is 0.429. The van der Waals surface area contributed by atoms with Gasteiger partial charge >= 0.3 is 0 Å². The van der Waals surface area contributed by atoms with Crippen LogP contribution in [-0.2, 0) is 0 Å². The number of rotatable bonds is 2. The van der Waals surface area contributed by atoms with Crippen molar-refractivity contribution < 1.29 is 0 Å². The van der Waals surface area contributed by atoms with Crippen LogP contribution in [0.15, 0.2) is 35.7 Å². The Hall–Kier alpha value is -1.98. The van der Waals surface area contributed by atoms with E-state index in [1.54, 1.807) is 11.3 Å². The maximum atomic E-state index is 4.94. The Kier molecular flexibility index (Phi) is 4.14. The third-order valence-electron chi connectivity index (χ3n) is 5.71. The minimum atomic E-state index is 0.682. The Morgan fingerprint density at radius 3 is 2.77 bits per heavy atom. The van der Waals surface area contributed by atoms with E-state index in [0.29, 0.717) is 6.04 Å². The van der Waals surface area contributed by atoms with Gasteiger partial charge in [-0.15, -0.1) is 11.3 Å². The third kappa shape index (κ3) is 2.79. The fourth-order valence-corrected chi connectivity index (χ4v) is 5.47. The lowest BCUT2D eigenvalue weighted by Crippen LogP contribution is -2.37. The molecule has 0 bridgehead atoms. The molecule has 0 amide bonds. The first-order valence-electron chi connectivity index (χ1n) is 9.60. The standard InChI is InChI=1S/C21H24N4S/c1-15-22-20(25-12-6-11-24-10-5-9-17(24)13-25)19-18(14-26-21(19)23-15)16-7-3-2-4-8-16/h2-4,7-8,14,17H,5-6,9-13H2,1H3. The van der Waals surface area contributed by atoms with Gasteiger partial charge in [0.25, 0.3) is 0 Å². The predicted octanol–water partition coefficient (Wildman–Crippen LogP) is 4.34. The smallest absolute Gasteiger partial charge is 0.141 e. The van der Waals surface area contributed by atoms with E-state index in [9.17, 15) is 0 Å². The average molecular weight is 365 g/mol. The third-order valence-corrected chi connectivity index (χ3v) is 6.59. The molecule has 0 spiro atoms. The van der Waals surface area contributed by atoms with Crippen molar-refractivity contribution in [3.8, 4) is 11.1 Å². The Morgan fingerprint density at radius 1 is 1.04 bits per heavy atom. The van der Waals surface area contributed by atoms with Crippen molar-refractivity contribution >= 4 is 27.4 Å². The van der Waals surface area contributed by atoms with Crippen LogP contribution in [0.4, 0.5) is 5.82 Å². The molecule has 2 saturated heterocycles. The van der Waals surface area contributed by atoms with Crippen LogP contribution < -0.4 is 4.90 Å². The van der Waals surface area contributed by atoms with Crippen molar-refractivity contribution in [3.05, 3.63) is 41.5 Å². The van der Waals surface area contributed by atoms with Gasteiger partial charge in [-0.2, -0.15) is 0 Å². The first-order valence-corrected chi connectivity index (χ1v) is 10.5. The summed E-state index contributed by atoms with van der Waals surface area (Å²) in [5.74, 6) is 2.02. The van der Waals surface area contributed by atoms with E-state index in [4.69, 9.17) is 9.97 Å². The summed E-state index contributed by atoms with van der Waals surface area (Å²) in [4.78, 5) is 16.0. The molecule has 1 unspecified atom stereocenters. The van der Waals surface area contributed by atoms with Crippen LogP contribution in [-0.4, -0.2) is 47.1 Å². The zero-order chi connectivity index (χ0) is 17.5. The van der Waals surface area contributed by atoms with Gasteiger partial charge in [-0.1, -0.05) is 30.3 Å². The van der Waals surface area contributed by atoms with Gasteiger partial charge < -0.3 is 4.90 Å². The van der Waals surface area contributed by atoms with Crippen LogP contribution in [0.2, 0.25) is 0 Å². The summed E-state index contributed by atoms with van der Waals surface area (Å²) >= 11 is 1.74. The molecule has 4 heterocycles. The van der Waals surface area contributed by atoms with E-state index in [1.807, 2.05) is 6.92 Å². The molecule has 0 aliphatic carbocycles. The molecular formula is C21H24N4S. The number of fused-ring (bicyclic) bond motifs is 2. The molecule has 1 aromatic carbocycles. The first kappa shape index (κ1) is 16.2. The van der Waals surface area contributed by atoms with Gasteiger partial charge in [0.05, 0.1) is 5.39 Å². The summed E-state index contributed by atoms with van der Waals surface area (Å²) in [7, 11) is 0. The normalized spacial score (nSPS) is 21.1. The molecule has 2 aliphatic rings. The van der Waals surface area contributed by atoms with E-state index in [1.165, 1.54) is 48.9 Å². The zero-order valence-electron chi connectivity index (χ0n) is 15.2. The van der Waals surface area contributed by atoms with Gasteiger partial charge in [0.15, 0.2) is 0 Å². The second kappa shape index (κ2) is 6.63. The molecule has 2 aromatic heterocycles. The van der Waals surface area contributed by atoms with E-state index < -0.39 is 0 Å². The number of aromatic nitrogens is 2.